The van der Waals surface area contributed by atoms with Gasteiger partial charge in [0.2, 0.25) is 0 Å². The monoisotopic (exact) mass is 240 g/mol. The Labute approximate surface area is 87.6 Å². The molecule has 82 valence electrons. The maximum Gasteiger partial charge on any atom is 0.304 e. The van der Waals surface area contributed by atoms with Gasteiger partial charge >= 0.3 is 10.2 Å². The van der Waals surface area contributed by atoms with E-state index in [0.717, 1.165) is 24.3 Å². The quantitative estimate of drug-likeness (QED) is 0.680. The van der Waals surface area contributed by atoms with Crippen molar-refractivity contribution in [1.82, 2.24) is 0 Å². The molecule has 0 aromatic carbocycles. The van der Waals surface area contributed by atoms with E-state index in [1.807, 2.05) is 0 Å². The Morgan fingerprint density at radius 2 is 2.29 bits per heavy atom. The van der Waals surface area contributed by atoms with E-state index >= 15 is 0 Å². The van der Waals surface area contributed by atoms with Crippen LogP contribution >= 0.6 is 11.8 Å². The molecule has 2 fully saturated rings. The maximum absolute atomic E-state index is 12.6. The Morgan fingerprint density at radius 1 is 1.50 bits per heavy atom. The van der Waals surface area contributed by atoms with Crippen LogP contribution in [0.2, 0.25) is 0 Å². The van der Waals surface area contributed by atoms with Gasteiger partial charge in [-0.2, -0.15) is 20.2 Å². The molecule has 3 nitrogen and oxygen atoms in total. The summed E-state index contributed by atoms with van der Waals surface area (Å²) in [4.78, 5) is 0. The summed E-state index contributed by atoms with van der Waals surface area (Å²) in [5.74, 6) is 1.48. The minimum Gasteiger partial charge on any atom is -0.376 e. The predicted octanol–water partition coefficient (Wildman–Crippen LogP) is 1.20. The lowest BCUT2D eigenvalue weighted by Gasteiger charge is -2.27. The van der Waals surface area contributed by atoms with Gasteiger partial charge in [-0.1, -0.05) is 0 Å². The van der Waals surface area contributed by atoms with Crippen LogP contribution in [-0.2, 0) is 15.0 Å². The molecule has 1 spiro atoms. The Balaban J connectivity index is 2.11. The molecule has 2 rings (SSSR count). The van der Waals surface area contributed by atoms with E-state index in [-0.39, 0.29) is 5.41 Å². The predicted molar refractivity (Wildman–Crippen MR) is 53.6 cm³/mol. The first-order valence-corrected chi connectivity index (χ1v) is 7.34. The van der Waals surface area contributed by atoms with Crippen LogP contribution in [0.4, 0.5) is 3.89 Å². The Kier molecular flexibility index (Phi) is 2.79. The van der Waals surface area contributed by atoms with E-state index in [2.05, 4.69) is 0 Å². The molecule has 0 aromatic heterocycles. The van der Waals surface area contributed by atoms with E-state index in [1.54, 1.807) is 11.8 Å². The first kappa shape index (κ1) is 10.7. The zero-order chi connectivity index (χ0) is 10.2. The van der Waals surface area contributed by atoms with Crippen LogP contribution in [0.3, 0.4) is 0 Å². The standard InChI is InChI=1S/C8H13FO3S2/c9-14(10,11)5-7-8(1-3-12-7)2-4-13-6-8/h7H,1-6H2. The Morgan fingerprint density at radius 3 is 2.86 bits per heavy atom. The third-order valence-electron chi connectivity index (χ3n) is 3.09. The number of thioether (sulfide) groups is 1. The van der Waals surface area contributed by atoms with Crippen LogP contribution in [0.5, 0.6) is 0 Å². The second kappa shape index (κ2) is 3.64. The van der Waals surface area contributed by atoms with Gasteiger partial charge < -0.3 is 4.74 Å². The van der Waals surface area contributed by atoms with Crippen molar-refractivity contribution in [2.24, 2.45) is 5.41 Å². The zero-order valence-corrected chi connectivity index (χ0v) is 9.37. The number of hydrogen-bond donors (Lipinski definition) is 0. The summed E-state index contributed by atoms with van der Waals surface area (Å²) >= 11 is 1.80. The van der Waals surface area contributed by atoms with Gasteiger partial charge in [-0.15, -0.1) is 3.89 Å². The molecule has 2 saturated heterocycles. The highest BCUT2D eigenvalue weighted by Crippen LogP contribution is 2.47. The molecular weight excluding hydrogens is 227 g/mol. The molecule has 0 saturated carbocycles. The number of ether oxygens (including phenoxy) is 1. The summed E-state index contributed by atoms with van der Waals surface area (Å²) in [6.07, 6.45) is 1.41. The van der Waals surface area contributed by atoms with Gasteiger partial charge in [0.1, 0.15) is 5.75 Å². The fourth-order valence-electron chi connectivity index (χ4n) is 2.22. The molecule has 0 N–H and O–H groups in total. The summed E-state index contributed by atoms with van der Waals surface area (Å²) in [5.41, 5.74) is -0.0656. The second-order valence-corrected chi connectivity index (χ2v) is 6.50. The zero-order valence-electron chi connectivity index (χ0n) is 7.74. The van der Waals surface area contributed by atoms with Gasteiger partial charge in [0.25, 0.3) is 0 Å². The molecular formula is C8H13FO3S2. The van der Waals surface area contributed by atoms with E-state index < -0.39 is 22.1 Å². The van der Waals surface area contributed by atoms with Crippen LogP contribution in [-0.4, -0.2) is 38.4 Å². The molecule has 0 amide bonds. The molecule has 2 atom stereocenters. The molecule has 0 bridgehead atoms. The first-order chi connectivity index (χ1) is 6.52. The fourth-order valence-corrected chi connectivity index (χ4v) is 4.61. The summed E-state index contributed by atoms with van der Waals surface area (Å²) < 4.78 is 39.0. The number of halogens is 1. The van der Waals surface area contributed by atoms with Gasteiger partial charge in [0.05, 0.1) is 6.10 Å². The van der Waals surface area contributed by atoms with Crippen molar-refractivity contribution in [2.45, 2.75) is 18.9 Å². The molecule has 2 unspecified atom stereocenters. The van der Waals surface area contributed by atoms with Gasteiger partial charge in [-0.05, 0) is 18.6 Å². The second-order valence-electron chi connectivity index (χ2n) is 3.98. The summed E-state index contributed by atoms with van der Waals surface area (Å²) in [6, 6.07) is 0. The minimum atomic E-state index is -4.41. The lowest BCUT2D eigenvalue weighted by atomic mass is 9.81. The molecule has 0 radical (unpaired) electrons. The van der Waals surface area contributed by atoms with E-state index in [0.29, 0.717) is 6.61 Å². The van der Waals surface area contributed by atoms with Crippen molar-refractivity contribution in [3.63, 3.8) is 0 Å². The third-order valence-corrected chi connectivity index (χ3v) is 5.06. The maximum atomic E-state index is 12.6. The summed E-state index contributed by atoms with van der Waals surface area (Å²) in [5, 5.41) is 0. The largest absolute Gasteiger partial charge is 0.376 e. The van der Waals surface area contributed by atoms with E-state index in [9.17, 15) is 12.3 Å². The first-order valence-electron chi connectivity index (χ1n) is 4.64. The molecule has 2 heterocycles. The third kappa shape index (κ3) is 2.06. The normalized spacial score (nSPS) is 38.2. The smallest absolute Gasteiger partial charge is 0.304 e. The van der Waals surface area contributed by atoms with Gasteiger partial charge in [-0.3, -0.25) is 0 Å². The molecule has 6 heteroatoms. The van der Waals surface area contributed by atoms with Crippen molar-refractivity contribution < 1.29 is 17.0 Å². The van der Waals surface area contributed by atoms with Crippen LogP contribution in [0.1, 0.15) is 12.8 Å². The fraction of sp³-hybridized carbons (Fsp3) is 1.00. The van der Waals surface area contributed by atoms with Gasteiger partial charge in [-0.25, -0.2) is 0 Å². The van der Waals surface area contributed by atoms with Crippen molar-refractivity contribution >= 4 is 22.0 Å². The van der Waals surface area contributed by atoms with Gasteiger partial charge in [0, 0.05) is 17.8 Å². The van der Waals surface area contributed by atoms with Crippen LogP contribution in [0.15, 0.2) is 0 Å². The Bertz CT molecular complexity index is 303. The molecule has 14 heavy (non-hydrogen) atoms. The summed E-state index contributed by atoms with van der Waals surface area (Å²) in [6.45, 7) is 0.570. The average molecular weight is 240 g/mol. The highest BCUT2D eigenvalue weighted by molar-refractivity contribution is 7.99. The topological polar surface area (TPSA) is 43.4 Å². The number of hydrogen-bond acceptors (Lipinski definition) is 4. The summed E-state index contributed by atoms with van der Waals surface area (Å²) in [7, 11) is -4.41. The van der Waals surface area contributed by atoms with Crippen LogP contribution in [0.25, 0.3) is 0 Å². The lowest BCUT2D eigenvalue weighted by molar-refractivity contribution is 0.0769. The molecule has 2 aliphatic heterocycles. The average Bonchev–Trinajstić information content (AvgIpc) is 2.62. The Hall–Kier alpha value is 0.190. The van der Waals surface area contributed by atoms with Crippen LogP contribution in [0, 0.1) is 5.41 Å². The molecule has 0 aliphatic carbocycles. The molecule has 0 aromatic rings. The lowest BCUT2D eigenvalue weighted by Crippen LogP contribution is -2.35. The SMILES string of the molecule is O=S(=O)(F)CC1OCCC12CCSC2. The highest BCUT2D eigenvalue weighted by atomic mass is 32.3. The number of rotatable bonds is 2. The van der Waals surface area contributed by atoms with Crippen LogP contribution < -0.4 is 0 Å². The minimum absolute atomic E-state index is 0.0656. The van der Waals surface area contributed by atoms with E-state index in [4.69, 9.17) is 4.74 Å². The van der Waals surface area contributed by atoms with Gasteiger partial charge in [0.15, 0.2) is 0 Å². The van der Waals surface area contributed by atoms with Crippen molar-refractivity contribution in [2.75, 3.05) is 23.9 Å². The molecule has 2 aliphatic rings. The van der Waals surface area contributed by atoms with Crippen molar-refractivity contribution in [3.8, 4) is 0 Å². The van der Waals surface area contributed by atoms with E-state index in [1.165, 1.54) is 0 Å². The van der Waals surface area contributed by atoms with Crippen molar-refractivity contribution in [1.29, 1.82) is 0 Å². The van der Waals surface area contributed by atoms with Crippen molar-refractivity contribution in [3.05, 3.63) is 0 Å². The highest BCUT2D eigenvalue weighted by Gasteiger charge is 2.47.